The first-order chi connectivity index (χ1) is 8.92. The van der Waals surface area contributed by atoms with Crippen LogP contribution in [0.3, 0.4) is 0 Å². The topological polar surface area (TPSA) is 21.3 Å². The summed E-state index contributed by atoms with van der Waals surface area (Å²) in [6, 6.07) is 9.82. The molecule has 2 nitrogen and oxygen atoms in total. The van der Waals surface area contributed by atoms with E-state index < -0.39 is 0 Å². The standard InChI is InChI=1S/C16H21NO/c1-2-4-15-13(3-1)14(9-10-18-15)17-16(11-5-6-11)12-7-8-12/h1-4,11-12,14,16-17H,5-10H2. The van der Waals surface area contributed by atoms with Gasteiger partial charge in [-0.1, -0.05) is 18.2 Å². The van der Waals surface area contributed by atoms with Crippen molar-refractivity contribution in [1.29, 1.82) is 0 Å². The van der Waals surface area contributed by atoms with Crippen LogP contribution >= 0.6 is 0 Å². The summed E-state index contributed by atoms with van der Waals surface area (Å²) >= 11 is 0. The molecule has 1 aliphatic heterocycles. The van der Waals surface area contributed by atoms with Crippen molar-refractivity contribution in [3.05, 3.63) is 29.8 Å². The summed E-state index contributed by atoms with van der Waals surface area (Å²) in [5.74, 6) is 3.02. The highest BCUT2D eigenvalue weighted by Crippen LogP contribution is 2.46. The lowest BCUT2D eigenvalue weighted by molar-refractivity contribution is 0.234. The van der Waals surface area contributed by atoms with E-state index in [1.54, 1.807) is 0 Å². The fraction of sp³-hybridized carbons (Fsp3) is 0.625. The maximum atomic E-state index is 5.75. The summed E-state index contributed by atoms with van der Waals surface area (Å²) in [5.41, 5.74) is 1.37. The molecule has 96 valence electrons. The molecular weight excluding hydrogens is 222 g/mol. The normalized spacial score (nSPS) is 26.8. The predicted molar refractivity (Wildman–Crippen MR) is 71.7 cm³/mol. The Morgan fingerprint density at radius 1 is 1.00 bits per heavy atom. The van der Waals surface area contributed by atoms with Gasteiger partial charge >= 0.3 is 0 Å². The Morgan fingerprint density at radius 3 is 2.44 bits per heavy atom. The molecule has 1 unspecified atom stereocenters. The van der Waals surface area contributed by atoms with Gasteiger partial charge in [-0.2, -0.15) is 0 Å². The number of fused-ring (bicyclic) bond motifs is 1. The van der Waals surface area contributed by atoms with Gasteiger partial charge in [0, 0.05) is 24.1 Å². The summed E-state index contributed by atoms with van der Waals surface area (Å²) in [4.78, 5) is 0. The Labute approximate surface area is 109 Å². The largest absolute Gasteiger partial charge is 0.493 e. The summed E-state index contributed by atoms with van der Waals surface area (Å²) in [7, 11) is 0. The molecule has 2 aliphatic carbocycles. The van der Waals surface area contributed by atoms with Crippen molar-refractivity contribution in [3.8, 4) is 5.75 Å². The van der Waals surface area contributed by atoms with Crippen molar-refractivity contribution < 1.29 is 4.74 Å². The minimum absolute atomic E-state index is 0.515. The van der Waals surface area contributed by atoms with Crippen molar-refractivity contribution in [2.75, 3.05) is 6.61 Å². The number of ether oxygens (including phenoxy) is 1. The SMILES string of the molecule is c1ccc2c(c1)OCCC2NC(C1CC1)C1CC1. The van der Waals surface area contributed by atoms with Crippen LogP contribution in [-0.2, 0) is 0 Å². The number of rotatable bonds is 4. The van der Waals surface area contributed by atoms with Gasteiger partial charge in [0.25, 0.3) is 0 Å². The van der Waals surface area contributed by atoms with Gasteiger partial charge in [-0.05, 0) is 43.6 Å². The average Bonchev–Trinajstić information content (AvgIpc) is 3.29. The van der Waals surface area contributed by atoms with Crippen LogP contribution in [0.5, 0.6) is 5.75 Å². The second-order valence-corrected chi connectivity index (χ2v) is 6.09. The number of benzene rings is 1. The molecule has 1 atom stereocenters. The van der Waals surface area contributed by atoms with Gasteiger partial charge in [-0.15, -0.1) is 0 Å². The maximum Gasteiger partial charge on any atom is 0.124 e. The van der Waals surface area contributed by atoms with Crippen LogP contribution in [0.25, 0.3) is 0 Å². The van der Waals surface area contributed by atoms with Crippen molar-refractivity contribution >= 4 is 0 Å². The molecule has 18 heavy (non-hydrogen) atoms. The molecule has 1 aromatic rings. The molecule has 0 saturated heterocycles. The molecular formula is C16H21NO. The van der Waals surface area contributed by atoms with E-state index in [-0.39, 0.29) is 0 Å². The molecule has 2 heteroatoms. The monoisotopic (exact) mass is 243 g/mol. The Bertz CT molecular complexity index is 424. The quantitative estimate of drug-likeness (QED) is 0.876. The van der Waals surface area contributed by atoms with Crippen molar-refractivity contribution in [1.82, 2.24) is 5.32 Å². The first kappa shape index (κ1) is 10.9. The van der Waals surface area contributed by atoms with E-state index in [1.807, 2.05) is 0 Å². The third-order valence-corrected chi connectivity index (χ3v) is 4.61. The summed E-state index contributed by atoms with van der Waals surface area (Å²) < 4.78 is 5.75. The molecule has 0 amide bonds. The second kappa shape index (κ2) is 4.27. The Hall–Kier alpha value is -1.02. The minimum atomic E-state index is 0.515. The summed E-state index contributed by atoms with van der Waals surface area (Å²) in [6.07, 6.45) is 6.89. The van der Waals surface area contributed by atoms with Gasteiger partial charge < -0.3 is 10.1 Å². The van der Waals surface area contributed by atoms with E-state index in [0.717, 1.165) is 36.7 Å². The minimum Gasteiger partial charge on any atom is -0.493 e. The van der Waals surface area contributed by atoms with Crippen molar-refractivity contribution in [3.63, 3.8) is 0 Å². The zero-order chi connectivity index (χ0) is 11.9. The lowest BCUT2D eigenvalue weighted by Crippen LogP contribution is -2.38. The number of nitrogens with one attached hydrogen (secondary N) is 1. The predicted octanol–water partition coefficient (Wildman–Crippen LogP) is 3.29. The molecule has 3 aliphatic rings. The molecule has 0 aromatic heterocycles. The third kappa shape index (κ3) is 2.03. The van der Waals surface area contributed by atoms with Gasteiger partial charge in [-0.25, -0.2) is 0 Å². The fourth-order valence-corrected chi connectivity index (χ4v) is 3.32. The zero-order valence-electron chi connectivity index (χ0n) is 10.8. The van der Waals surface area contributed by atoms with Gasteiger partial charge in [0.05, 0.1) is 6.61 Å². The molecule has 0 radical (unpaired) electrons. The van der Waals surface area contributed by atoms with E-state index in [2.05, 4.69) is 29.6 Å². The van der Waals surface area contributed by atoms with E-state index in [0.29, 0.717) is 6.04 Å². The smallest absolute Gasteiger partial charge is 0.124 e. The number of hydrogen-bond donors (Lipinski definition) is 1. The van der Waals surface area contributed by atoms with E-state index in [4.69, 9.17) is 4.74 Å². The van der Waals surface area contributed by atoms with Crippen molar-refractivity contribution in [2.45, 2.75) is 44.2 Å². The highest BCUT2D eigenvalue weighted by atomic mass is 16.5. The lowest BCUT2D eigenvalue weighted by Gasteiger charge is -2.31. The van der Waals surface area contributed by atoms with Gasteiger partial charge in [0.15, 0.2) is 0 Å². The highest BCUT2D eigenvalue weighted by molar-refractivity contribution is 5.37. The van der Waals surface area contributed by atoms with E-state index in [1.165, 1.54) is 31.2 Å². The van der Waals surface area contributed by atoms with Crippen LogP contribution in [0.4, 0.5) is 0 Å². The summed E-state index contributed by atoms with van der Waals surface area (Å²) in [5, 5.41) is 3.96. The van der Waals surface area contributed by atoms with E-state index >= 15 is 0 Å². The molecule has 0 bridgehead atoms. The Morgan fingerprint density at radius 2 is 1.72 bits per heavy atom. The first-order valence-electron chi connectivity index (χ1n) is 7.39. The molecule has 0 spiro atoms. The third-order valence-electron chi connectivity index (χ3n) is 4.61. The van der Waals surface area contributed by atoms with Crippen molar-refractivity contribution in [2.24, 2.45) is 11.8 Å². The molecule has 1 N–H and O–H groups in total. The molecule has 2 saturated carbocycles. The van der Waals surface area contributed by atoms with Crippen LogP contribution in [-0.4, -0.2) is 12.6 Å². The highest BCUT2D eigenvalue weighted by Gasteiger charge is 2.42. The van der Waals surface area contributed by atoms with Crippen LogP contribution in [0.2, 0.25) is 0 Å². The van der Waals surface area contributed by atoms with Crippen LogP contribution in [0.15, 0.2) is 24.3 Å². The zero-order valence-corrected chi connectivity index (χ0v) is 10.8. The van der Waals surface area contributed by atoms with Gasteiger partial charge in [-0.3, -0.25) is 0 Å². The molecule has 4 rings (SSSR count). The number of para-hydroxylation sites is 1. The maximum absolute atomic E-state index is 5.75. The lowest BCUT2D eigenvalue weighted by atomic mass is 9.97. The fourth-order valence-electron chi connectivity index (χ4n) is 3.32. The van der Waals surface area contributed by atoms with Crippen LogP contribution in [0.1, 0.15) is 43.7 Å². The Balaban J connectivity index is 1.54. The molecule has 2 fully saturated rings. The van der Waals surface area contributed by atoms with E-state index in [9.17, 15) is 0 Å². The number of hydrogen-bond acceptors (Lipinski definition) is 2. The molecule has 1 aromatic carbocycles. The van der Waals surface area contributed by atoms with Crippen LogP contribution < -0.4 is 10.1 Å². The average molecular weight is 243 g/mol. The first-order valence-corrected chi connectivity index (χ1v) is 7.39. The molecule has 1 heterocycles. The Kier molecular flexibility index (Phi) is 2.58. The van der Waals surface area contributed by atoms with Gasteiger partial charge in [0.2, 0.25) is 0 Å². The second-order valence-electron chi connectivity index (χ2n) is 6.09. The summed E-state index contributed by atoms with van der Waals surface area (Å²) in [6.45, 7) is 0.858. The van der Waals surface area contributed by atoms with Crippen LogP contribution in [0, 0.1) is 11.8 Å². The van der Waals surface area contributed by atoms with Gasteiger partial charge in [0.1, 0.15) is 5.75 Å².